The van der Waals surface area contributed by atoms with Crippen molar-refractivity contribution in [1.29, 1.82) is 0 Å². The first-order valence-corrected chi connectivity index (χ1v) is 8.25. The largest absolute Gasteiger partial charge is 0.480 e. The molecular formula is C17H18ClN3O4. The number of carbonyl (C=O) groups is 2. The smallest absolute Gasteiger partial charge is 0.329 e. The Bertz CT molecular complexity index is 795. The van der Waals surface area contributed by atoms with E-state index in [4.69, 9.17) is 16.3 Å². The van der Waals surface area contributed by atoms with Gasteiger partial charge in [-0.1, -0.05) is 11.6 Å². The molecule has 0 saturated carbocycles. The van der Waals surface area contributed by atoms with Gasteiger partial charge in [0, 0.05) is 37.3 Å². The molecule has 8 heteroatoms. The molecule has 1 fully saturated rings. The third-order valence-corrected chi connectivity index (χ3v) is 4.60. The molecule has 2 aromatic rings. The summed E-state index contributed by atoms with van der Waals surface area (Å²) in [5, 5.41) is 17.2. The maximum absolute atomic E-state index is 12.7. The Hall–Kier alpha value is -2.38. The Kier molecular flexibility index (Phi) is 4.78. The van der Waals surface area contributed by atoms with Crippen molar-refractivity contribution in [3.8, 4) is 5.69 Å². The van der Waals surface area contributed by atoms with Crippen LogP contribution in [0.5, 0.6) is 0 Å². The van der Waals surface area contributed by atoms with Gasteiger partial charge in [-0.3, -0.25) is 4.79 Å². The lowest BCUT2D eigenvalue weighted by Gasteiger charge is -2.33. The lowest BCUT2D eigenvalue weighted by molar-refractivity contribution is -0.148. The van der Waals surface area contributed by atoms with Crippen molar-refractivity contribution in [1.82, 2.24) is 15.1 Å². The van der Waals surface area contributed by atoms with Crippen LogP contribution in [0.1, 0.15) is 28.9 Å². The molecule has 0 radical (unpaired) electrons. The molecule has 2 N–H and O–H groups in total. The Morgan fingerprint density at radius 2 is 1.92 bits per heavy atom. The summed E-state index contributed by atoms with van der Waals surface area (Å²) in [5.41, 5.74) is 0.303. The summed E-state index contributed by atoms with van der Waals surface area (Å²) in [6.45, 7) is 2.31. The van der Waals surface area contributed by atoms with Gasteiger partial charge in [0.2, 0.25) is 0 Å². The molecule has 0 aliphatic carbocycles. The monoisotopic (exact) mass is 363 g/mol. The molecule has 0 unspecified atom stereocenters. The third kappa shape index (κ3) is 3.52. The van der Waals surface area contributed by atoms with E-state index in [0.717, 1.165) is 5.69 Å². The predicted molar refractivity (Wildman–Crippen MR) is 91.2 cm³/mol. The van der Waals surface area contributed by atoms with Crippen LogP contribution in [0.15, 0.2) is 30.5 Å². The zero-order valence-corrected chi connectivity index (χ0v) is 14.4. The minimum Gasteiger partial charge on any atom is -0.480 e. The van der Waals surface area contributed by atoms with Crippen LogP contribution in [-0.2, 0) is 9.53 Å². The Morgan fingerprint density at radius 3 is 2.52 bits per heavy atom. The first kappa shape index (κ1) is 17.4. The number of benzene rings is 1. The number of carbonyl (C=O) groups excluding carboxylic acids is 1. The number of aromatic nitrogens is 2. The second kappa shape index (κ2) is 6.85. The number of nitrogens with zero attached hydrogens (tertiary/aromatic N) is 2. The third-order valence-electron chi connectivity index (χ3n) is 4.34. The molecule has 0 atom stereocenters. The van der Waals surface area contributed by atoms with Gasteiger partial charge < -0.3 is 15.2 Å². The highest BCUT2D eigenvalue weighted by Crippen LogP contribution is 2.23. The predicted octanol–water partition coefficient (Wildman–Crippen LogP) is 2.20. The van der Waals surface area contributed by atoms with E-state index in [0.29, 0.717) is 29.5 Å². The van der Waals surface area contributed by atoms with Gasteiger partial charge in [0.1, 0.15) is 5.54 Å². The number of carboxylic acid groups (broad SMARTS) is 1. The van der Waals surface area contributed by atoms with Gasteiger partial charge in [-0.2, -0.15) is 5.10 Å². The van der Waals surface area contributed by atoms with Gasteiger partial charge >= 0.3 is 5.97 Å². The highest BCUT2D eigenvalue weighted by atomic mass is 35.5. The molecule has 0 spiro atoms. The molecular weight excluding hydrogens is 346 g/mol. The van der Waals surface area contributed by atoms with Crippen LogP contribution in [0.25, 0.3) is 5.69 Å². The van der Waals surface area contributed by atoms with E-state index in [-0.39, 0.29) is 12.8 Å². The summed E-state index contributed by atoms with van der Waals surface area (Å²) in [4.78, 5) is 24.3. The maximum Gasteiger partial charge on any atom is 0.329 e. The fourth-order valence-electron chi connectivity index (χ4n) is 2.81. The lowest BCUT2D eigenvalue weighted by atomic mass is 9.89. The van der Waals surface area contributed by atoms with Gasteiger partial charge in [-0.15, -0.1) is 0 Å². The maximum atomic E-state index is 12.7. The summed E-state index contributed by atoms with van der Waals surface area (Å²) in [6.07, 6.45) is 2.06. The molecule has 1 amide bonds. The second-order valence-corrected chi connectivity index (χ2v) is 6.44. The number of carboxylic acids is 1. The first-order valence-electron chi connectivity index (χ1n) is 7.87. The van der Waals surface area contributed by atoms with Crippen molar-refractivity contribution in [2.24, 2.45) is 0 Å². The summed E-state index contributed by atoms with van der Waals surface area (Å²) in [5.74, 6) is -1.51. The number of nitrogens with one attached hydrogen (secondary N) is 1. The van der Waals surface area contributed by atoms with Gasteiger partial charge in [0.15, 0.2) is 0 Å². The van der Waals surface area contributed by atoms with Gasteiger partial charge in [-0.25, -0.2) is 9.48 Å². The van der Waals surface area contributed by atoms with Crippen LogP contribution >= 0.6 is 11.6 Å². The quantitative estimate of drug-likeness (QED) is 0.868. The highest BCUT2D eigenvalue weighted by Gasteiger charge is 2.42. The molecule has 1 aliphatic rings. The number of halogens is 1. The number of hydrogen-bond donors (Lipinski definition) is 2. The summed E-state index contributed by atoms with van der Waals surface area (Å²) in [7, 11) is 0. The molecule has 25 heavy (non-hydrogen) atoms. The van der Waals surface area contributed by atoms with Crippen LogP contribution in [-0.4, -0.2) is 45.5 Å². The van der Waals surface area contributed by atoms with Crippen molar-refractivity contribution in [2.75, 3.05) is 13.2 Å². The van der Waals surface area contributed by atoms with Crippen molar-refractivity contribution in [3.05, 3.63) is 46.7 Å². The van der Waals surface area contributed by atoms with Crippen LogP contribution < -0.4 is 5.32 Å². The Balaban J connectivity index is 1.85. The fourth-order valence-corrected chi connectivity index (χ4v) is 2.93. The first-order chi connectivity index (χ1) is 11.9. The van der Waals surface area contributed by atoms with Crippen molar-refractivity contribution in [3.63, 3.8) is 0 Å². The average molecular weight is 364 g/mol. The van der Waals surface area contributed by atoms with Crippen LogP contribution in [0.3, 0.4) is 0 Å². The minimum atomic E-state index is -1.30. The van der Waals surface area contributed by atoms with E-state index in [1.54, 1.807) is 42.1 Å². The topological polar surface area (TPSA) is 93.5 Å². The standard InChI is InChI=1S/C17H18ClN3O4/c1-11-14(10-21(20-11)13-4-2-12(18)3-5-13)15(22)19-17(16(23)24)6-8-25-9-7-17/h2-5,10H,6-9H2,1H3,(H,19,22)(H,23,24). The van der Waals surface area contributed by atoms with E-state index >= 15 is 0 Å². The van der Waals surface area contributed by atoms with Crippen LogP contribution in [0, 0.1) is 6.92 Å². The number of hydrogen-bond acceptors (Lipinski definition) is 4. The van der Waals surface area contributed by atoms with Crippen molar-refractivity contribution < 1.29 is 19.4 Å². The molecule has 132 valence electrons. The Labute approximate surface area is 149 Å². The van der Waals surface area contributed by atoms with Gasteiger partial charge in [-0.05, 0) is 31.2 Å². The van der Waals surface area contributed by atoms with Crippen molar-refractivity contribution in [2.45, 2.75) is 25.3 Å². The zero-order valence-electron chi connectivity index (χ0n) is 13.7. The Morgan fingerprint density at radius 1 is 1.28 bits per heavy atom. The SMILES string of the molecule is Cc1nn(-c2ccc(Cl)cc2)cc1C(=O)NC1(C(=O)O)CCOCC1. The van der Waals surface area contributed by atoms with E-state index in [9.17, 15) is 14.7 Å². The number of ether oxygens (including phenoxy) is 1. The number of aryl methyl sites for hydroxylation is 1. The number of aliphatic carboxylic acids is 1. The average Bonchev–Trinajstić information content (AvgIpc) is 2.98. The number of amides is 1. The normalized spacial score (nSPS) is 16.4. The molecule has 3 rings (SSSR count). The van der Waals surface area contributed by atoms with Crippen molar-refractivity contribution >= 4 is 23.5 Å². The second-order valence-electron chi connectivity index (χ2n) is 6.00. The molecule has 7 nitrogen and oxygen atoms in total. The highest BCUT2D eigenvalue weighted by molar-refractivity contribution is 6.30. The van der Waals surface area contributed by atoms with E-state index in [2.05, 4.69) is 10.4 Å². The van der Waals surface area contributed by atoms with E-state index in [1.165, 1.54) is 0 Å². The lowest BCUT2D eigenvalue weighted by Crippen LogP contribution is -2.57. The van der Waals surface area contributed by atoms with Gasteiger partial charge in [0.05, 0.1) is 16.9 Å². The molecule has 1 aromatic carbocycles. The molecule has 0 bridgehead atoms. The minimum absolute atomic E-state index is 0.235. The summed E-state index contributed by atoms with van der Waals surface area (Å²) < 4.78 is 6.78. The summed E-state index contributed by atoms with van der Waals surface area (Å²) in [6, 6.07) is 7.03. The van der Waals surface area contributed by atoms with Crippen LogP contribution in [0.4, 0.5) is 0 Å². The molecule has 1 aromatic heterocycles. The van der Waals surface area contributed by atoms with E-state index in [1.807, 2.05) is 0 Å². The molecule has 2 heterocycles. The molecule has 1 saturated heterocycles. The van der Waals surface area contributed by atoms with Gasteiger partial charge in [0.25, 0.3) is 5.91 Å². The number of rotatable bonds is 4. The van der Waals surface area contributed by atoms with E-state index < -0.39 is 17.4 Å². The van der Waals surface area contributed by atoms with Crippen LogP contribution in [0.2, 0.25) is 5.02 Å². The zero-order chi connectivity index (χ0) is 18.0. The fraction of sp³-hybridized carbons (Fsp3) is 0.353. The summed E-state index contributed by atoms with van der Waals surface area (Å²) >= 11 is 5.88. The molecule has 1 aliphatic heterocycles.